The highest BCUT2D eigenvalue weighted by Crippen LogP contribution is 2.17. The molecule has 0 saturated heterocycles. The number of methoxy groups -OCH3 is 1. The fourth-order valence-corrected chi connectivity index (χ4v) is 2.11. The zero-order valence-electron chi connectivity index (χ0n) is 13.5. The number of carboxylic acid groups (broad SMARTS) is 1. The second-order valence-electron chi connectivity index (χ2n) is 5.12. The zero-order valence-corrected chi connectivity index (χ0v) is 13.5. The van der Waals surface area contributed by atoms with Crippen LogP contribution in [-0.4, -0.2) is 30.2 Å². The molecule has 2 aromatic carbocycles. The Balaban J connectivity index is 1.91. The normalized spacial score (nSPS) is 11.4. The van der Waals surface area contributed by atoms with Crippen molar-refractivity contribution in [3.05, 3.63) is 59.7 Å². The van der Waals surface area contributed by atoms with E-state index < -0.39 is 12.1 Å². The predicted octanol–water partition coefficient (Wildman–Crippen LogP) is 2.48. The van der Waals surface area contributed by atoms with Gasteiger partial charge in [0.2, 0.25) is 0 Å². The number of amides is 1. The Morgan fingerprint density at radius 1 is 1.12 bits per heavy atom. The summed E-state index contributed by atoms with van der Waals surface area (Å²) in [4.78, 5) is 22.9. The highest BCUT2D eigenvalue weighted by atomic mass is 16.5. The summed E-state index contributed by atoms with van der Waals surface area (Å²) in [6.45, 7) is 1.96. The summed E-state index contributed by atoms with van der Waals surface area (Å²) in [5.41, 5.74) is 1.03. The number of benzene rings is 2. The van der Waals surface area contributed by atoms with Crippen LogP contribution in [0.2, 0.25) is 0 Å². The molecule has 6 heteroatoms. The van der Waals surface area contributed by atoms with E-state index in [2.05, 4.69) is 5.32 Å². The van der Waals surface area contributed by atoms with Gasteiger partial charge in [-0.25, -0.2) is 4.79 Å². The lowest BCUT2D eigenvalue weighted by atomic mass is 10.2. The van der Waals surface area contributed by atoms with Crippen LogP contribution in [-0.2, 0) is 11.3 Å². The van der Waals surface area contributed by atoms with Crippen LogP contribution in [0.5, 0.6) is 11.5 Å². The van der Waals surface area contributed by atoms with Crippen LogP contribution >= 0.6 is 0 Å². The quantitative estimate of drug-likeness (QED) is 0.815. The molecule has 0 bridgehead atoms. The van der Waals surface area contributed by atoms with Gasteiger partial charge in [-0.15, -0.1) is 0 Å². The number of carbonyl (C=O) groups is 2. The van der Waals surface area contributed by atoms with Crippen LogP contribution in [0.3, 0.4) is 0 Å². The van der Waals surface area contributed by atoms with Gasteiger partial charge in [0.05, 0.1) is 12.7 Å². The standard InChI is InChI=1S/C18H19NO5/c1-12(24-15-9-7-13(8-10-15)18(21)22)17(20)19-11-14-5-3-4-6-16(14)23-2/h3-10,12H,11H2,1-2H3,(H,19,20)(H,21,22)/t12-/m1/s1. The molecule has 2 aromatic rings. The van der Waals surface area contributed by atoms with Crippen molar-refractivity contribution in [2.24, 2.45) is 0 Å². The highest BCUT2D eigenvalue weighted by Gasteiger charge is 2.15. The van der Waals surface area contributed by atoms with Gasteiger partial charge in [0.1, 0.15) is 11.5 Å². The van der Waals surface area contributed by atoms with Crippen LogP contribution in [0.4, 0.5) is 0 Å². The van der Waals surface area contributed by atoms with Crippen LogP contribution in [0, 0.1) is 0 Å². The Kier molecular flexibility index (Phi) is 5.78. The third-order valence-corrected chi connectivity index (χ3v) is 3.43. The highest BCUT2D eigenvalue weighted by molar-refractivity contribution is 5.87. The number of carboxylic acids is 1. The molecule has 6 nitrogen and oxygen atoms in total. The van der Waals surface area contributed by atoms with Gasteiger partial charge in [0.25, 0.3) is 5.91 Å². The van der Waals surface area contributed by atoms with Crippen molar-refractivity contribution in [2.75, 3.05) is 7.11 Å². The number of carbonyl (C=O) groups excluding carboxylic acids is 1. The molecule has 0 spiro atoms. The molecule has 0 radical (unpaired) electrons. The van der Waals surface area contributed by atoms with Crippen LogP contribution in [0.25, 0.3) is 0 Å². The maximum absolute atomic E-state index is 12.1. The average Bonchev–Trinajstić information content (AvgIpc) is 2.60. The van der Waals surface area contributed by atoms with Gasteiger partial charge >= 0.3 is 5.97 Å². The number of aromatic carboxylic acids is 1. The SMILES string of the molecule is COc1ccccc1CNC(=O)[C@@H](C)Oc1ccc(C(=O)O)cc1. The lowest BCUT2D eigenvalue weighted by Gasteiger charge is -2.15. The Morgan fingerprint density at radius 3 is 2.42 bits per heavy atom. The van der Waals surface area contributed by atoms with E-state index in [0.29, 0.717) is 18.0 Å². The van der Waals surface area contributed by atoms with Crippen molar-refractivity contribution < 1.29 is 24.2 Å². The molecule has 0 aliphatic rings. The maximum atomic E-state index is 12.1. The molecule has 1 atom stereocenters. The summed E-state index contributed by atoms with van der Waals surface area (Å²) in [6.07, 6.45) is -0.713. The summed E-state index contributed by atoms with van der Waals surface area (Å²) in [6, 6.07) is 13.3. The molecule has 0 fully saturated rings. The molecule has 0 aliphatic carbocycles. The molecule has 2 N–H and O–H groups in total. The van der Waals surface area contributed by atoms with E-state index in [4.69, 9.17) is 14.6 Å². The average molecular weight is 329 g/mol. The number of hydrogen-bond acceptors (Lipinski definition) is 4. The van der Waals surface area contributed by atoms with E-state index in [-0.39, 0.29) is 11.5 Å². The van der Waals surface area contributed by atoms with Crippen molar-refractivity contribution in [3.8, 4) is 11.5 Å². The van der Waals surface area contributed by atoms with Gasteiger partial charge in [-0.1, -0.05) is 18.2 Å². The van der Waals surface area contributed by atoms with Gasteiger partial charge < -0.3 is 19.9 Å². The molecule has 2 rings (SSSR count). The molecular formula is C18H19NO5. The van der Waals surface area contributed by atoms with Crippen LogP contribution in [0.15, 0.2) is 48.5 Å². The van der Waals surface area contributed by atoms with Crippen molar-refractivity contribution in [2.45, 2.75) is 19.6 Å². The van der Waals surface area contributed by atoms with E-state index >= 15 is 0 Å². The minimum absolute atomic E-state index is 0.163. The van der Waals surface area contributed by atoms with Crippen LogP contribution < -0.4 is 14.8 Å². The Labute approximate surface area is 140 Å². The van der Waals surface area contributed by atoms with E-state index in [9.17, 15) is 9.59 Å². The fraction of sp³-hybridized carbons (Fsp3) is 0.222. The van der Waals surface area contributed by atoms with E-state index in [0.717, 1.165) is 5.56 Å². The topological polar surface area (TPSA) is 84.9 Å². The second kappa shape index (κ2) is 8.01. The summed E-state index contributed by atoms with van der Waals surface area (Å²) in [5, 5.41) is 11.6. The van der Waals surface area contributed by atoms with Gasteiger partial charge in [0.15, 0.2) is 6.10 Å². The number of hydrogen-bond donors (Lipinski definition) is 2. The molecule has 0 aromatic heterocycles. The lowest BCUT2D eigenvalue weighted by Crippen LogP contribution is -2.36. The summed E-state index contributed by atoms with van der Waals surface area (Å²) >= 11 is 0. The fourth-order valence-electron chi connectivity index (χ4n) is 2.11. The summed E-state index contributed by atoms with van der Waals surface area (Å²) in [5.74, 6) is -0.150. The third-order valence-electron chi connectivity index (χ3n) is 3.43. The minimum Gasteiger partial charge on any atom is -0.496 e. The minimum atomic E-state index is -1.01. The largest absolute Gasteiger partial charge is 0.496 e. The molecule has 24 heavy (non-hydrogen) atoms. The smallest absolute Gasteiger partial charge is 0.335 e. The number of nitrogens with one attached hydrogen (secondary N) is 1. The zero-order chi connectivity index (χ0) is 17.5. The number of para-hydroxylation sites is 1. The second-order valence-corrected chi connectivity index (χ2v) is 5.12. The van der Waals surface area contributed by atoms with Gasteiger partial charge in [0, 0.05) is 12.1 Å². The summed E-state index contributed by atoms with van der Waals surface area (Å²) < 4.78 is 10.8. The number of ether oxygens (including phenoxy) is 2. The van der Waals surface area contributed by atoms with Crippen molar-refractivity contribution in [1.82, 2.24) is 5.32 Å². The molecule has 1 amide bonds. The third kappa shape index (κ3) is 4.49. The number of rotatable bonds is 7. The first kappa shape index (κ1) is 17.3. The van der Waals surface area contributed by atoms with Crippen molar-refractivity contribution in [1.29, 1.82) is 0 Å². The molecule has 0 aliphatic heterocycles. The molecule has 126 valence electrons. The van der Waals surface area contributed by atoms with Crippen molar-refractivity contribution >= 4 is 11.9 Å². The summed E-state index contributed by atoms with van der Waals surface area (Å²) in [7, 11) is 1.58. The maximum Gasteiger partial charge on any atom is 0.335 e. The van der Waals surface area contributed by atoms with Crippen LogP contribution in [0.1, 0.15) is 22.8 Å². The Bertz CT molecular complexity index is 712. The first-order valence-electron chi connectivity index (χ1n) is 7.41. The van der Waals surface area contributed by atoms with Gasteiger partial charge in [-0.05, 0) is 37.3 Å². The molecule has 0 heterocycles. The van der Waals surface area contributed by atoms with Gasteiger partial charge in [-0.3, -0.25) is 4.79 Å². The monoisotopic (exact) mass is 329 g/mol. The molecule has 0 unspecified atom stereocenters. The van der Waals surface area contributed by atoms with E-state index in [1.165, 1.54) is 24.3 Å². The van der Waals surface area contributed by atoms with Gasteiger partial charge in [-0.2, -0.15) is 0 Å². The molecular weight excluding hydrogens is 310 g/mol. The Hall–Kier alpha value is -3.02. The first-order chi connectivity index (χ1) is 11.5. The van der Waals surface area contributed by atoms with E-state index in [1.54, 1.807) is 14.0 Å². The Morgan fingerprint density at radius 2 is 1.79 bits per heavy atom. The lowest BCUT2D eigenvalue weighted by molar-refractivity contribution is -0.127. The van der Waals surface area contributed by atoms with E-state index in [1.807, 2.05) is 24.3 Å². The molecule has 0 saturated carbocycles. The van der Waals surface area contributed by atoms with Crippen molar-refractivity contribution in [3.63, 3.8) is 0 Å². The predicted molar refractivity (Wildman–Crippen MR) is 88.3 cm³/mol. The first-order valence-corrected chi connectivity index (χ1v) is 7.41.